The topological polar surface area (TPSA) is 49.3 Å². The molecule has 4 heteroatoms. The Kier molecular flexibility index (Phi) is 4.26. The number of carbonyl (C=O) groups is 1. The van der Waals surface area contributed by atoms with E-state index in [1.54, 1.807) is 11.8 Å². The fraction of sp³-hybridized carbons (Fsp3) is 0.900. The van der Waals surface area contributed by atoms with Crippen LogP contribution >= 0.6 is 11.8 Å². The Labute approximate surface area is 89.6 Å². The van der Waals surface area contributed by atoms with Crippen LogP contribution in [0.2, 0.25) is 0 Å². The van der Waals surface area contributed by atoms with Gasteiger partial charge in [0.2, 0.25) is 5.91 Å². The average molecular weight is 217 g/mol. The average Bonchev–Trinajstić information content (AvgIpc) is 2.62. The third kappa shape index (κ3) is 2.64. The van der Waals surface area contributed by atoms with Crippen LogP contribution in [0, 0.1) is 0 Å². The molecule has 1 saturated heterocycles. The van der Waals surface area contributed by atoms with Crippen LogP contribution < -0.4 is 5.32 Å². The number of rotatable bonds is 4. The Morgan fingerprint density at radius 1 is 1.71 bits per heavy atom. The zero-order valence-corrected chi connectivity index (χ0v) is 9.69. The van der Waals surface area contributed by atoms with Crippen molar-refractivity contribution in [3.05, 3.63) is 0 Å². The number of nitrogens with one attached hydrogen (secondary N) is 1. The van der Waals surface area contributed by atoms with Crippen LogP contribution in [0.15, 0.2) is 0 Å². The summed E-state index contributed by atoms with van der Waals surface area (Å²) in [6.45, 7) is 3.98. The summed E-state index contributed by atoms with van der Waals surface area (Å²) in [5, 5.41) is 11.9. The largest absolute Gasteiger partial charge is 0.394 e. The Morgan fingerprint density at radius 2 is 2.43 bits per heavy atom. The fourth-order valence-corrected chi connectivity index (χ4v) is 2.79. The van der Waals surface area contributed by atoms with Crippen molar-refractivity contribution >= 4 is 17.7 Å². The molecule has 1 rings (SSSR count). The second kappa shape index (κ2) is 5.03. The minimum atomic E-state index is -0.261. The van der Waals surface area contributed by atoms with Gasteiger partial charge in [-0.1, -0.05) is 6.92 Å². The maximum Gasteiger partial charge on any atom is 0.236 e. The molecule has 1 aliphatic heterocycles. The van der Waals surface area contributed by atoms with Crippen LogP contribution in [0.5, 0.6) is 0 Å². The zero-order valence-electron chi connectivity index (χ0n) is 8.88. The summed E-state index contributed by atoms with van der Waals surface area (Å²) in [4.78, 5) is 11.9. The number of thioether (sulfide) groups is 1. The number of carbonyl (C=O) groups excluding carboxylic acids is 1. The molecule has 0 aromatic rings. The summed E-state index contributed by atoms with van der Waals surface area (Å²) in [5.41, 5.74) is 0. The molecular formula is C10H19NO2S. The predicted octanol–water partition coefficient (Wildman–Crippen LogP) is 1.16. The number of aliphatic hydroxyl groups excluding tert-OH is 1. The van der Waals surface area contributed by atoms with Gasteiger partial charge in [0.25, 0.3) is 0 Å². The number of hydrogen-bond donors (Lipinski definition) is 2. The van der Waals surface area contributed by atoms with Crippen molar-refractivity contribution < 1.29 is 9.90 Å². The summed E-state index contributed by atoms with van der Waals surface area (Å²) >= 11 is 1.72. The van der Waals surface area contributed by atoms with E-state index in [9.17, 15) is 4.79 Å². The van der Waals surface area contributed by atoms with E-state index >= 15 is 0 Å². The molecule has 0 aromatic heterocycles. The van der Waals surface area contributed by atoms with E-state index in [0.29, 0.717) is 0 Å². The van der Waals surface area contributed by atoms with Crippen molar-refractivity contribution in [3.8, 4) is 0 Å². The van der Waals surface area contributed by atoms with Gasteiger partial charge in [-0.3, -0.25) is 4.79 Å². The zero-order chi connectivity index (χ0) is 10.6. The van der Waals surface area contributed by atoms with Crippen LogP contribution in [-0.4, -0.2) is 34.2 Å². The Bertz CT molecular complexity index is 198. The van der Waals surface area contributed by atoms with Gasteiger partial charge in [-0.2, -0.15) is 0 Å². The molecule has 2 atom stereocenters. The van der Waals surface area contributed by atoms with Crippen molar-refractivity contribution in [2.45, 2.75) is 43.9 Å². The number of aliphatic hydroxyl groups is 1. The van der Waals surface area contributed by atoms with Crippen LogP contribution in [0.1, 0.15) is 33.1 Å². The molecule has 0 bridgehead atoms. The molecule has 0 saturated carbocycles. The van der Waals surface area contributed by atoms with Gasteiger partial charge in [-0.05, 0) is 31.9 Å². The first kappa shape index (κ1) is 11.9. The van der Waals surface area contributed by atoms with Crippen molar-refractivity contribution in [2.75, 3.05) is 12.4 Å². The highest BCUT2D eigenvalue weighted by Gasteiger charge is 2.37. The Morgan fingerprint density at radius 3 is 2.86 bits per heavy atom. The van der Waals surface area contributed by atoms with E-state index in [4.69, 9.17) is 5.11 Å². The van der Waals surface area contributed by atoms with Gasteiger partial charge in [0, 0.05) is 0 Å². The Hall–Kier alpha value is -0.220. The maximum atomic E-state index is 11.9. The van der Waals surface area contributed by atoms with Crippen molar-refractivity contribution in [3.63, 3.8) is 0 Å². The van der Waals surface area contributed by atoms with Crippen molar-refractivity contribution in [1.82, 2.24) is 5.32 Å². The summed E-state index contributed by atoms with van der Waals surface area (Å²) in [5.74, 6) is 1.15. The molecule has 14 heavy (non-hydrogen) atoms. The molecule has 0 spiro atoms. The SMILES string of the molecule is CC[C@H](CO)NC(=O)C1(C)CCCS1. The van der Waals surface area contributed by atoms with Crippen molar-refractivity contribution in [2.24, 2.45) is 0 Å². The lowest BCUT2D eigenvalue weighted by molar-refractivity contribution is -0.124. The van der Waals surface area contributed by atoms with E-state index in [0.717, 1.165) is 25.0 Å². The minimum absolute atomic E-state index is 0.0307. The molecular weight excluding hydrogens is 198 g/mol. The van der Waals surface area contributed by atoms with Gasteiger partial charge in [0.15, 0.2) is 0 Å². The third-order valence-electron chi connectivity index (χ3n) is 2.75. The van der Waals surface area contributed by atoms with E-state index in [1.807, 2.05) is 13.8 Å². The first-order valence-corrected chi connectivity index (χ1v) is 6.16. The monoisotopic (exact) mass is 217 g/mol. The highest BCUT2D eigenvalue weighted by Crippen LogP contribution is 2.37. The smallest absolute Gasteiger partial charge is 0.236 e. The molecule has 1 fully saturated rings. The van der Waals surface area contributed by atoms with E-state index in [2.05, 4.69) is 5.32 Å². The van der Waals surface area contributed by atoms with Crippen LogP contribution in [0.4, 0.5) is 0 Å². The number of hydrogen-bond acceptors (Lipinski definition) is 3. The summed E-state index contributed by atoms with van der Waals surface area (Å²) in [6, 6.07) is -0.0828. The van der Waals surface area contributed by atoms with Gasteiger partial charge in [-0.15, -0.1) is 11.8 Å². The van der Waals surface area contributed by atoms with Gasteiger partial charge < -0.3 is 10.4 Å². The van der Waals surface area contributed by atoms with Gasteiger partial charge in [0.05, 0.1) is 17.4 Å². The van der Waals surface area contributed by atoms with Crippen LogP contribution in [0.3, 0.4) is 0 Å². The van der Waals surface area contributed by atoms with Gasteiger partial charge in [-0.25, -0.2) is 0 Å². The molecule has 1 heterocycles. The quantitative estimate of drug-likeness (QED) is 0.743. The first-order valence-electron chi connectivity index (χ1n) is 5.18. The first-order chi connectivity index (χ1) is 6.62. The molecule has 1 unspecified atom stereocenters. The lowest BCUT2D eigenvalue weighted by atomic mass is 10.0. The molecule has 0 aromatic carbocycles. The fourth-order valence-electron chi connectivity index (χ4n) is 1.57. The molecule has 2 N–H and O–H groups in total. The van der Waals surface area contributed by atoms with Crippen molar-refractivity contribution in [1.29, 1.82) is 0 Å². The van der Waals surface area contributed by atoms with Crippen LogP contribution in [0.25, 0.3) is 0 Å². The molecule has 0 aliphatic carbocycles. The van der Waals surface area contributed by atoms with Crippen LogP contribution in [-0.2, 0) is 4.79 Å². The molecule has 1 aliphatic rings. The molecule has 3 nitrogen and oxygen atoms in total. The molecule has 0 radical (unpaired) electrons. The second-order valence-corrected chi connectivity index (χ2v) is 5.54. The summed E-state index contributed by atoms with van der Waals surface area (Å²) in [6.07, 6.45) is 2.85. The van der Waals surface area contributed by atoms with Gasteiger partial charge in [0.1, 0.15) is 0 Å². The van der Waals surface area contributed by atoms with Gasteiger partial charge >= 0.3 is 0 Å². The maximum absolute atomic E-state index is 11.9. The minimum Gasteiger partial charge on any atom is -0.394 e. The summed E-state index contributed by atoms with van der Waals surface area (Å²) in [7, 11) is 0. The standard InChI is InChI=1S/C10H19NO2S/c1-3-8(7-12)11-9(13)10(2)5-4-6-14-10/h8,12H,3-7H2,1-2H3,(H,11,13)/t8-,10?/m1/s1. The van der Waals surface area contributed by atoms with E-state index in [-0.39, 0.29) is 23.3 Å². The molecule has 1 amide bonds. The predicted molar refractivity (Wildman–Crippen MR) is 59.4 cm³/mol. The second-order valence-electron chi connectivity index (χ2n) is 3.94. The lowest BCUT2D eigenvalue weighted by Gasteiger charge is -2.24. The third-order valence-corrected chi connectivity index (χ3v) is 4.27. The normalized spacial score (nSPS) is 28.8. The highest BCUT2D eigenvalue weighted by atomic mass is 32.2. The lowest BCUT2D eigenvalue weighted by Crippen LogP contribution is -2.46. The van der Waals surface area contributed by atoms with E-state index in [1.165, 1.54) is 0 Å². The van der Waals surface area contributed by atoms with E-state index < -0.39 is 0 Å². The number of amides is 1. The summed E-state index contributed by atoms with van der Waals surface area (Å²) < 4.78 is -0.261. The highest BCUT2D eigenvalue weighted by molar-refractivity contribution is 8.01. The Balaban J connectivity index is 2.48. The molecule has 82 valence electrons.